The summed E-state index contributed by atoms with van der Waals surface area (Å²) in [4.78, 5) is 38.8. The number of hydrogen-bond acceptors (Lipinski definition) is 3. The molecule has 1 saturated heterocycles. The number of imide groups is 1. The summed E-state index contributed by atoms with van der Waals surface area (Å²) in [6, 6.07) is 11.6. The van der Waals surface area contributed by atoms with Crippen molar-refractivity contribution < 1.29 is 14.4 Å². The van der Waals surface area contributed by atoms with E-state index >= 15 is 0 Å². The number of amides is 4. The number of nitrogens with zero attached hydrogens (tertiary/aromatic N) is 1. The fourth-order valence-electron chi connectivity index (χ4n) is 3.38. The van der Waals surface area contributed by atoms with Gasteiger partial charge in [-0.2, -0.15) is 0 Å². The van der Waals surface area contributed by atoms with Crippen LogP contribution >= 0.6 is 27.5 Å². The standard InChI is InChI=1S/C18H13BrClN3O3/c19-12-4-2-11(3-5-12)18(16(25)21-17(26)22-18)9-23-8-10-1-6-13(20)7-14(10)15(23)24/h1-7H,8-9H2,(H2,21,22,25,26)/t18-/m1/s1. The second-order valence-corrected chi connectivity index (χ2v) is 7.64. The molecular weight excluding hydrogens is 422 g/mol. The van der Waals surface area contributed by atoms with Crippen molar-refractivity contribution in [1.82, 2.24) is 15.5 Å². The van der Waals surface area contributed by atoms with Crippen LogP contribution in [0.3, 0.4) is 0 Å². The van der Waals surface area contributed by atoms with Gasteiger partial charge in [0, 0.05) is 21.6 Å². The van der Waals surface area contributed by atoms with Crippen LogP contribution in [0.25, 0.3) is 0 Å². The Labute approximate surface area is 162 Å². The van der Waals surface area contributed by atoms with Crippen LogP contribution in [0.1, 0.15) is 21.5 Å². The molecule has 132 valence electrons. The number of rotatable bonds is 3. The summed E-state index contributed by atoms with van der Waals surface area (Å²) in [5.41, 5.74) is 0.633. The van der Waals surface area contributed by atoms with Gasteiger partial charge < -0.3 is 10.2 Å². The quantitative estimate of drug-likeness (QED) is 0.729. The van der Waals surface area contributed by atoms with E-state index in [0.29, 0.717) is 22.7 Å². The molecule has 1 atom stereocenters. The topological polar surface area (TPSA) is 78.5 Å². The Bertz CT molecular complexity index is 947. The van der Waals surface area contributed by atoms with E-state index in [1.807, 2.05) is 0 Å². The minimum absolute atomic E-state index is 0.0251. The number of carbonyl (C=O) groups is 3. The van der Waals surface area contributed by atoms with Crippen LogP contribution < -0.4 is 10.6 Å². The molecule has 4 rings (SSSR count). The van der Waals surface area contributed by atoms with Crippen molar-refractivity contribution in [2.24, 2.45) is 0 Å². The first kappa shape index (κ1) is 17.1. The Balaban J connectivity index is 1.71. The molecule has 0 radical (unpaired) electrons. The molecule has 4 amide bonds. The summed E-state index contributed by atoms with van der Waals surface area (Å²) in [7, 11) is 0. The van der Waals surface area contributed by atoms with Gasteiger partial charge in [0.25, 0.3) is 11.8 Å². The Kier molecular flexibility index (Phi) is 4.00. The van der Waals surface area contributed by atoms with Crippen molar-refractivity contribution in [2.75, 3.05) is 6.54 Å². The molecule has 6 nitrogen and oxygen atoms in total. The van der Waals surface area contributed by atoms with Crippen LogP contribution in [0.5, 0.6) is 0 Å². The number of benzene rings is 2. The van der Waals surface area contributed by atoms with E-state index in [9.17, 15) is 14.4 Å². The van der Waals surface area contributed by atoms with E-state index in [0.717, 1.165) is 10.0 Å². The second-order valence-electron chi connectivity index (χ2n) is 6.28. The van der Waals surface area contributed by atoms with Gasteiger partial charge in [-0.3, -0.25) is 14.9 Å². The zero-order valence-electron chi connectivity index (χ0n) is 13.4. The highest BCUT2D eigenvalue weighted by molar-refractivity contribution is 9.10. The maximum atomic E-state index is 12.8. The molecule has 2 heterocycles. The van der Waals surface area contributed by atoms with Gasteiger partial charge >= 0.3 is 6.03 Å². The molecule has 2 aliphatic heterocycles. The summed E-state index contributed by atoms with van der Waals surface area (Å²) in [5.74, 6) is -0.695. The third-order valence-corrected chi connectivity index (χ3v) is 5.42. The molecule has 2 N–H and O–H groups in total. The van der Waals surface area contributed by atoms with E-state index < -0.39 is 17.5 Å². The largest absolute Gasteiger partial charge is 0.331 e. The maximum absolute atomic E-state index is 12.8. The highest BCUT2D eigenvalue weighted by atomic mass is 79.9. The van der Waals surface area contributed by atoms with Crippen molar-refractivity contribution in [3.05, 3.63) is 68.7 Å². The molecule has 1 fully saturated rings. The zero-order chi connectivity index (χ0) is 18.5. The highest BCUT2D eigenvalue weighted by Crippen LogP contribution is 2.32. The van der Waals surface area contributed by atoms with Crippen molar-refractivity contribution >= 4 is 45.4 Å². The molecule has 0 aliphatic carbocycles. The summed E-state index contributed by atoms with van der Waals surface area (Å²) < 4.78 is 0.848. The van der Waals surface area contributed by atoms with E-state index in [4.69, 9.17) is 11.6 Å². The van der Waals surface area contributed by atoms with Gasteiger partial charge in [-0.1, -0.05) is 45.7 Å². The SMILES string of the molecule is O=C1NC(=O)[C@@](CN2Cc3ccc(Cl)cc3C2=O)(c2ccc(Br)cc2)N1. The molecule has 0 aromatic heterocycles. The summed E-state index contributed by atoms with van der Waals surface area (Å²) in [6.45, 7) is 0.379. The maximum Gasteiger partial charge on any atom is 0.322 e. The van der Waals surface area contributed by atoms with Gasteiger partial charge in [0.05, 0.1) is 6.54 Å². The third kappa shape index (κ3) is 2.68. The van der Waals surface area contributed by atoms with Gasteiger partial charge in [0.1, 0.15) is 0 Å². The fraction of sp³-hybridized carbons (Fsp3) is 0.167. The van der Waals surface area contributed by atoms with Crippen molar-refractivity contribution in [3.8, 4) is 0 Å². The number of nitrogens with one attached hydrogen (secondary N) is 2. The molecule has 2 aromatic rings. The first-order valence-electron chi connectivity index (χ1n) is 7.86. The van der Waals surface area contributed by atoms with Crippen molar-refractivity contribution in [1.29, 1.82) is 0 Å². The summed E-state index contributed by atoms with van der Waals surface area (Å²) in [6.07, 6.45) is 0. The van der Waals surface area contributed by atoms with Crippen LogP contribution in [0, 0.1) is 0 Å². The summed E-state index contributed by atoms with van der Waals surface area (Å²) in [5, 5.41) is 5.46. The number of urea groups is 1. The first-order chi connectivity index (χ1) is 12.4. The Hall–Kier alpha value is -2.38. The van der Waals surface area contributed by atoms with Crippen molar-refractivity contribution in [2.45, 2.75) is 12.1 Å². The molecule has 2 aliphatic rings. The predicted molar refractivity (Wildman–Crippen MR) is 98.7 cm³/mol. The average Bonchev–Trinajstić information content (AvgIpc) is 3.06. The van der Waals surface area contributed by atoms with Gasteiger partial charge in [0.15, 0.2) is 5.54 Å². The Morgan fingerprint density at radius 1 is 1.12 bits per heavy atom. The number of hydrogen-bond donors (Lipinski definition) is 2. The smallest absolute Gasteiger partial charge is 0.322 e. The Morgan fingerprint density at radius 2 is 1.85 bits per heavy atom. The molecule has 0 unspecified atom stereocenters. The van der Waals surface area contributed by atoms with Gasteiger partial charge in [-0.05, 0) is 35.4 Å². The molecule has 26 heavy (non-hydrogen) atoms. The molecule has 0 bridgehead atoms. The highest BCUT2D eigenvalue weighted by Gasteiger charge is 2.50. The van der Waals surface area contributed by atoms with Gasteiger partial charge in [0.2, 0.25) is 0 Å². The number of halogens is 2. The second kappa shape index (κ2) is 6.10. The number of carbonyl (C=O) groups excluding carboxylic acids is 3. The summed E-state index contributed by atoms with van der Waals surface area (Å²) >= 11 is 9.35. The molecular formula is C18H13BrClN3O3. The Morgan fingerprint density at radius 3 is 2.50 bits per heavy atom. The van der Waals surface area contributed by atoms with E-state index in [1.165, 1.54) is 0 Å². The lowest BCUT2D eigenvalue weighted by Gasteiger charge is -2.31. The molecule has 2 aromatic carbocycles. The van der Waals surface area contributed by atoms with Crippen LogP contribution in [-0.2, 0) is 16.9 Å². The first-order valence-corrected chi connectivity index (χ1v) is 9.03. The minimum atomic E-state index is -1.33. The monoisotopic (exact) mass is 433 g/mol. The van der Waals surface area contributed by atoms with Crippen LogP contribution in [-0.4, -0.2) is 29.3 Å². The lowest BCUT2D eigenvalue weighted by Crippen LogP contribution is -2.52. The van der Waals surface area contributed by atoms with Crippen molar-refractivity contribution in [3.63, 3.8) is 0 Å². The lowest BCUT2D eigenvalue weighted by molar-refractivity contribution is -0.124. The van der Waals surface area contributed by atoms with Gasteiger partial charge in [-0.25, -0.2) is 4.79 Å². The minimum Gasteiger partial charge on any atom is -0.331 e. The molecule has 8 heteroatoms. The van der Waals surface area contributed by atoms with Crippen LogP contribution in [0.15, 0.2) is 46.9 Å². The third-order valence-electron chi connectivity index (χ3n) is 4.66. The van der Waals surface area contributed by atoms with Gasteiger partial charge in [-0.15, -0.1) is 0 Å². The fourth-order valence-corrected chi connectivity index (χ4v) is 3.82. The van der Waals surface area contributed by atoms with E-state index in [1.54, 1.807) is 47.4 Å². The predicted octanol–water partition coefficient (Wildman–Crippen LogP) is 2.79. The normalized spacial score (nSPS) is 21.6. The zero-order valence-corrected chi connectivity index (χ0v) is 15.7. The van der Waals surface area contributed by atoms with E-state index in [2.05, 4.69) is 26.6 Å². The number of fused-ring (bicyclic) bond motifs is 1. The van der Waals surface area contributed by atoms with Crippen LogP contribution in [0.2, 0.25) is 5.02 Å². The lowest BCUT2D eigenvalue weighted by atomic mass is 9.89. The molecule has 0 saturated carbocycles. The molecule has 0 spiro atoms. The van der Waals surface area contributed by atoms with E-state index in [-0.39, 0.29) is 12.5 Å². The average molecular weight is 435 g/mol. The van der Waals surface area contributed by atoms with Crippen LogP contribution in [0.4, 0.5) is 4.79 Å².